The second kappa shape index (κ2) is 7.99. The monoisotopic (exact) mass is 384 g/mol. The second-order valence-corrected chi connectivity index (χ2v) is 7.88. The van der Waals surface area contributed by atoms with Crippen molar-refractivity contribution in [3.8, 4) is 11.3 Å². The Hall–Kier alpha value is -2.28. The number of aromatic nitrogens is 3. The fourth-order valence-corrected chi connectivity index (χ4v) is 4.36. The van der Waals surface area contributed by atoms with Crippen LogP contribution in [0.3, 0.4) is 0 Å². The van der Waals surface area contributed by atoms with Crippen molar-refractivity contribution in [1.82, 2.24) is 20.0 Å². The molecule has 2 aromatic heterocycles. The molecule has 2 fully saturated rings. The second-order valence-electron chi connectivity index (χ2n) is 7.88. The number of likely N-dealkylation sites (tertiary alicyclic amines) is 1. The van der Waals surface area contributed by atoms with E-state index in [0.717, 1.165) is 72.9 Å². The molecular weight excluding hydrogens is 356 g/mol. The van der Waals surface area contributed by atoms with Gasteiger partial charge in [0.2, 0.25) is 5.91 Å². The third kappa shape index (κ3) is 3.68. The average molecular weight is 384 g/mol. The van der Waals surface area contributed by atoms with Gasteiger partial charge in [0.1, 0.15) is 5.76 Å². The molecule has 2 aromatic rings. The number of nitrogens with zero attached hydrogens (tertiary/aromatic N) is 4. The molecule has 4 heterocycles. The first-order chi connectivity index (χ1) is 13.5. The molecule has 4 rings (SSSR count). The van der Waals surface area contributed by atoms with Crippen molar-refractivity contribution in [3.05, 3.63) is 29.0 Å². The highest BCUT2D eigenvalue weighted by atomic mass is 16.5. The van der Waals surface area contributed by atoms with Gasteiger partial charge in [-0.05, 0) is 58.9 Å². The lowest BCUT2D eigenvalue weighted by atomic mass is 9.94. The Bertz CT molecular complexity index is 838. The van der Waals surface area contributed by atoms with Crippen molar-refractivity contribution < 1.29 is 14.1 Å². The van der Waals surface area contributed by atoms with Crippen LogP contribution >= 0.6 is 0 Å². The summed E-state index contributed by atoms with van der Waals surface area (Å²) in [6, 6.07) is 1.90. The Labute approximate surface area is 165 Å². The highest BCUT2D eigenvalue weighted by Gasteiger charge is 2.35. The van der Waals surface area contributed by atoms with Crippen molar-refractivity contribution in [2.45, 2.75) is 58.9 Å². The van der Waals surface area contributed by atoms with Gasteiger partial charge >= 0.3 is 0 Å². The minimum Gasteiger partial charge on any atom is -0.381 e. The van der Waals surface area contributed by atoms with Crippen LogP contribution in [0.15, 0.2) is 10.6 Å². The van der Waals surface area contributed by atoms with Gasteiger partial charge < -0.3 is 14.2 Å². The summed E-state index contributed by atoms with van der Waals surface area (Å²) < 4.78 is 10.8. The summed E-state index contributed by atoms with van der Waals surface area (Å²) in [5.41, 5.74) is 3.46. The average Bonchev–Trinajstić information content (AvgIpc) is 3.06. The number of rotatable bonds is 3. The smallest absolute Gasteiger partial charge is 0.226 e. The van der Waals surface area contributed by atoms with Gasteiger partial charge in [-0.3, -0.25) is 4.79 Å². The van der Waals surface area contributed by atoms with Gasteiger partial charge in [0.25, 0.3) is 0 Å². The van der Waals surface area contributed by atoms with Crippen molar-refractivity contribution in [1.29, 1.82) is 0 Å². The minimum atomic E-state index is -0.0665. The molecule has 0 unspecified atom stereocenters. The van der Waals surface area contributed by atoms with Gasteiger partial charge in [-0.25, -0.2) is 9.97 Å². The molecule has 0 radical (unpaired) electrons. The number of hydrogen-bond donors (Lipinski definition) is 0. The first-order valence-corrected chi connectivity index (χ1v) is 10.2. The molecule has 7 nitrogen and oxygen atoms in total. The fraction of sp³-hybridized carbons (Fsp3) is 0.619. The summed E-state index contributed by atoms with van der Waals surface area (Å²) in [6.07, 6.45) is 4.63. The molecule has 0 bridgehead atoms. The van der Waals surface area contributed by atoms with Gasteiger partial charge in [0, 0.05) is 31.4 Å². The van der Waals surface area contributed by atoms with E-state index in [1.165, 1.54) is 0 Å². The lowest BCUT2D eigenvalue weighted by Gasteiger charge is -2.38. The van der Waals surface area contributed by atoms with Crippen molar-refractivity contribution in [2.24, 2.45) is 5.92 Å². The van der Waals surface area contributed by atoms with Crippen LogP contribution in [-0.4, -0.2) is 45.7 Å². The Morgan fingerprint density at radius 3 is 2.61 bits per heavy atom. The van der Waals surface area contributed by atoms with E-state index in [0.29, 0.717) is 13.2 Å². The number of aryl methyl sites for hydroxylation is 3. The van der Waals surface area contributed by atoms with Crippen molar-refractivity contribution in [3.63, 3.8) is 0 Å². The molecule has 2 aliphatic heterocycles. The molecule has 28 heavy (non-hydrogen) atoms. The van der Waals surface area contributed by atoms with E-state index in [2.05, 4.69) is 5.16 Å². The van der Waals surface area contributed by atoms with Crippen LogP contribution in [0.25, 0.3) is 11.3 Å². The van der Waals surface area contributed by atoms with Crippen LogP contribution in [0.4, 0.5) is 0 Å². The maximum absolute atomic E-state index is 13.2. The Kier molecular flexibility index (Phi) is 5.44. The van der Waals surface area contributed by atoms with Crippen molar-refractivity contribution >= 4 is 5.91 Å². The number of amides is 1. The SMILES string of the molecule is Cc1cc(-c2c(C)noc2C)nc([C@H]2CCCCN2C(=O)C2CCOCC2)n1. The zero-order valence-corrected chi connectivity index (χ0v) is 16.9. The van der Waals surface area contributed by atoms with E-state index in [-0.39, 0.29) is 17.9 Å². The molecule has 7 heteroatoms. The van der Waals surface area contributed by atoms with E-state index in [4.69, 9.17) is 19.2 Å². The van der Waals surface area contributed by atoms with E-state index in [1.54, 1.807) is 0 Å². The summed E-state index contributed by atoms with van der Waals surface area (Å²) in [5, 5.41) is 4.06. The minimum absolute atomic E-state index is 0.0567. The molecule has 0 aromatic carbocycles. The van der Waals surface area contributed by atoms with Gasteiger partial charge in [0.05, 0.1) is 23.0 Å². The zero-order chi connectivity index (χ0) is 19.7. The number of ether oxygens (including phenoxy) is 1. The van der Waals surface area contributed by atoms with Crippen LogP contribution < -0.4 is 0 Å². The topological polar surface area (TPSA) is 81.4 Å². The van der Waals surface area contributed by atoms with E-state index in [9.17, 15) is 4.79 Å². The highest BCUT2D eigenvalue weighted by Crippen LogP contribution is 2.34. The molecule has 1 atom stereocenters. The number of piperidine rings is 1. The predicted octanol–water partition coefficient (Wildman–Crippen LogP) is 3.54. The van der Waals surface area contributed by atoms with Crippen LogP contribution in [0.1, 0.15) is 61.1 Å². The maximum Gasteiger partial charge on any atom is 0.226 e. The van der Waals surface area contributed by atoms with Gasteiger partial charge in [-0.2, -0.15) is 0 Å². The summed E-state index contributed by atoms with van der Waals surface area (Å²) in [5.74, 6) is 1.77. The third-order valence-corrected chi connectivity index (χ3v) is 5.82. The van der Waals surface area contributed by atoms with E-state index < -0.39 is 0 Å². The zero-order valence-electron chi connectivity index (χ0n) is 16.9. The highest BCUT2D eigenvalue weighted by molar-refractivity contribution is 5.79. The normalized spacial score (nSPS) is 21.1. The molecule has 150 valence electrons. The molecule has 0 spiro atoms. The first kappa shape index (κ1) is 19.1. The van der Waals surface area contributed by atoms with Gasteiger partial charge in [-0.15, -0.1) is 0 Å². The summed E-state index contributed by atoms with van der Waals surface area (Å²) in [7, 11) is 0. The van der Waals surface area contributed by atoms with E-state index >= 15 is 0 Å². The third-order valence-electron chi connectivity index (χ3n) is 5.82. The quantitative estimate of drug-likeness (QED) is 0.805. The molecule has 2 saturated heterocycles. The molecule has 0 saturated carbocycles. The summed E-state index contributed by atoms with van der Waals surface area (Å²) in [6.45, 7) is 7.91. The molecule has 0 aliphatic carbocycles. The Balaban J connectivity index is 1.67. The van der Waals surface area contributed by atoms with E-state index in [1.807, 2.05) is 31.7 Å². The molecular formula is C21H28N4O3. The largest absolute Gasteiger partial charge is 0.381 e. The maximum atomic E-state index is 13.2. The lowest BCUT2D eigenvalue weighted by Crippen LogP contribution is -2.43. The van der Waals surface area contributed by atoms with Gasteiger partial charge in [-0.1, -0.05) is 5.16 Å². The number of hydrogen-bond acceptors (Lipinski definition) is 6. The Morgan fingerprint density at radius 1 is 1.11 bits per heavy atom. The number of carbonyl (C=O) groups is 1. The lowest BCUT2D eigenvalue weighted by molar-refractivity contribution is -0.142. The van der Waals surface area contributed by atoms with Crippen LogP contribution in [0.2, 0.25) is 0 Å². The molecule has 0 N–H and O–H groups in total. The molecule has 2 aliphatic rings. The summed E-state index contributed by atoms with van der Waals surface area (Å²) >= 11 is 0. The van der Waals surface area contributed by atoms with Crippen LogP contribution in [0, 0.1) is 26.7 Å². The molecule has 1 amide bonds. The Morgan fingerprint density at radius 2 is 1.89 bits per heavy atom. The van der Waals surface area contributed by atoms with Crippen molar-refractivity contribution in [2.75, 3.05) is 19.8 Å². The first-order valence-electron chi connectivity index (χ1n) is 10.2. The van der Waals surface area contributed by atoms with Crippen LogP contribution in [0.5, 0.6) is 0 Å². The predicted molar refractivity (Wildman–Crippen MR) is 104 cm³/mol. The standard InChI is InChI=1S/C21H28N4O3/c1-13-12-17(19-14(2)24-28-15(19)3)23-20(22-13)18-6-4-5-9-25(18)21(26)16-7-10-27-11-8-16/h12,16,18H,4-11H2,1-3H3/t18-/m1/s1. The van der Waals surface area contributed by atoms with Crippen LogP contribution in [-0.2, 0) is 9.53 Å². The van der Waals surface area contributed by atoms with Gasteiger partial charge in [0.15, 0.2) is 5.82 Å². The fourth-order valence-electron chi connectivity index (χ4n) is 4.36. The number of carbonyl (C=O) groups excluding carboxylic acids is 1. The summed E-state index contributed by atoms with van der Waals surface area (Å²) in [4.78, 5) is 24.8.